The molecule has 160 valence electrons. The van der Waals surface area contributed by atoms with Crippen LogP contribution in [-0.4, -0.2) is 26.3 Å². The van der Waals surface area contributed by atoms with Crippen LogP contribution in [0, 0.1) is 0 Å². The summed E-state index contributed by atoms with van der Waals surface area (Å²) in [5.74, 6) is 1.45. The minimum absolute atomic E-state index is 0.326. The highest BCUT2D eigenvalue weighted by Crippen LogP contribution is 2.36. The van der Waals surface area contributed by atoms with E-state index in [1.54, 1.807) is 44.6 Å². The maximum Gasteiger partial charge on any atom is 0.271 e. The van der Waals surface area contributed by atoms with Gasteiger partial charge in [-0.1, -0.05) is 23.7 Å². The second-order valence-electron chi connectivity index (χ2n) is 6.38. The Hall–Kier alpha value is -3.03. The zero-order valence-electron chi connectivity index (χ0n) is 16.9. The van der Waals surface area contributed by atoms with Gasteiger partial charge in [0.25, 0.3) is 5.91 Å². The fourth-order valence-electron chi connectivity index (χ4n) is 2.66. The number of nitrogens with one attached hydrogen (secondary N) is 1. The summed E-state index contributed by atoms with van der Waals surface area (Å²) in [6.45, 7) is 0.359. The Balaban J connectivity index is 1.66. The van der Waals surface area contributed by atoms with Crippen molar-refractivity contribution in [1.29, 1.82) is 0 Å². The molecule has 0 saturated carbocycles. The molecule has 0 aromatic heterocycles. The summed E-state index contributed by atoms with van der Waals surface area (Å²) in [6, 6.07) is 17.8. The summed E-state index contributed by atoms with van der Waals surface area (Å²) >= 11 is 9.42. The molecule has 3 aromatic rings. The van der Waals surface area contributed by atoms with Gasteiger partial charge in [0.05, 0.1) is 24.9 Å². The first kappa shape index (κ1) is 22.7. The van der Waals surface area contributed by atoms with Gasteiger partial charge in [-0.25, -0.2) is 5.43 Å². The van der Waals surface area contributed by atoms with Crippen LogP contribution < -0.4 is 19.6 Å². The van der Waals surface area contributed by atoms with E-state index in [0.29, 0.717) is 38.9 Å². The molecule has 0 aliphatic carbocycles. The van der Waals surface area contributed by atoms with Crippen LogP contribution in [0.25, 0.3) is 0 Å². The summed E-state index contributed by atoms with van der Waals surface area (Å²) in [5, 5.41) is 4.69. The maximum absolute atomic E-state index is 12.2. The molecule has 1 amide bonds. The molecular formula is C23H20BrClN2O4. The van der Waals surface area contributed by atoms with Crippen LogP contribution in [-0.2, 0) is 6.61 Å². The number of benzene rings is 3. The molecule has 0 atom stereocenters. The lowest BCUT2D eigenvalue weighted by atomic mass is 10.2. The first-order chi connectivity index (χ1) is 15.0. The minimum Gasteiger partial charge on any atom is -0.497 e. The van der Waals surface area contributed by atoms with E-state index in [4.69, 9.17) is 25.8 Å². The second-order valence-corrected chi connectivity index (χ2v) is 7.67. The molecule has 0 fully saturated rings. The Bertz CT molecular complexity index is 1070. The van der Waals surface area contributed by atoms with Crippen molar-refractivity contribution in [2.75, 3.05) is 14.2 Å². The Morgan fingerprint density at radius 2 is 1.77 bits per heavy atom. The average Bonchev–Trinajstić information content (AvgIpc) is 2.79. The zero-order valence-corrected chi connectivity index (χ0v) is 19.2. The smallest absolute Gasteiger partial charge is 0.271 e. The molecule has 0 bridgehead atoms. The normalized spacial score (nSPS) is 10.7. The Morgan fingerprint density at radius 1 is 1.06 bits per heavy atom. The van der Waals surface area contributed by atoms with E-state index in [1.165, 1.54) is 6.21 Å². The number of hydrogen-bond acceptors (Lipinski definition) is 5. The lowest BCUT2D eigenvalue weighted by Crippen LogP contribution is -2.17. The standard InChI is InChI=1S/C23H20BrClN2O4/c1-29-19-9-5-17(6-10-19)23(28)27-26-13-16-11-20(24)22(21(12-16)30-2)31-14-15-3-7-18(25)8-4-15/h3-13H,14H2,1-2H3,(H,27,28)/b26-13-. The highest BCUT2D eigenvalue weighted by atomic mass is 79.9. The van der Waals surface area contributed by atoms with Gasteiger partial charge >= 0.3 is 0 Å². The third-order valence-corrected chi connectivity index (χ3v) is 5.12. The number of methoxy groups -OCH3 is 2. The largest absolute Gasteiger partial charge is 0.497 e. The third-order valence-electron chi connectivity index (χ3n) is 4.28. The summed E-state index contributed by atoms with van der Waals surface area (Å²) in [6.07, 6.45) is 1.53. The lowest BCUT2D eigenvalue weighted by Gasteiger charge is -2.13. The van der Waals surface area contributed by atoms with Gasteiger partial charge in [-0.3, -0.25) is 4.79 Å². The van der Waals surface area contributed by atoms with Crippen LogP contribution in [0.3, 0.4) is 0 Å². The van der Waals surface area contributed by atoms with Gasteiger partial charge in [0.2, 0.25) is 0 Å². The number of carbonyl (C=O) groups excluding carboxylic acids is 1. The first-order valence-electron chi connectivity index (χ1n) is 9.22. The maximum atomic E-state index is 12.2. The summed E-state index contributed by atoms with van der Waals surface area (Å²) in [4.78, 5) is 12.2. The van der Waals surface area contributed by atoms with Crippen LogP contribution in [0.2, 0.25) is 5.02 Å². The molecule has 3 aromatic carbocycles. The number of carbonyl (C=O) groups is 1. The summed E-state index contributed by atoms with van der Waals surface area (Å²) in [5.41, 5.74) is 4.67. The molecule has 0 heterocycles. The van der Waals surface area contributed by atoms with E-state index in [0.717, 1.165) is 11.1 Å². The molecule has 8 heteroatoms. The van der Waals surface area contributed by atoms with Gasteiger partial charge in [0, 0.05) is 10.6 Å². The predicted molar refractivity (Wildman–Crippen MR) is 125 cm³/mol. The fourth-order valence-corrected chi connectivity index (χ4v) is 3.36. The minimum atomic E-state index is -0.326. The number of hydrogen-bond donors (Lipinski definition) is 1. The van der Waals surface area contributed by atoms with E-state index < -0.39 is 0 Å². The highest BCUT2D eigenvalue weighted by molar-refractivity contribution is 9.10. The molecular weight excluding hydrogens is 484 g/mol. The first-order valence-corrected chi connectivity index (χ1v) is 10.4. The Kier molecular flexibility index (Phi) is 7.92. The van der Waals surface area contributed by atoms with Crippen molar-refractivity contribution < 1.29 is 19.0 Å². The number of hydrazone groups is 1. The van der Waals surface area contributed by atoms with Crippen molar-refractivity contribution in [3.05, 3.63) is 86.8 Å². The molecule has 1 N–H and O–H groups in total. The van der Waals surface area contributed by atoms with E-state index >= 15 is 0 Å². The predicted octanol–water partition coefficient (Wildman–Crippen LogP) is 5.46. The Labute approximate surface area is 193 Å². The highest BCUT2D eigenvalue weighted by Gasteiger charge is 2.12. The third kappa shape index (κ3) is 6.23. The Morgan fingerprint density at radius 3 is 2.42 bits per heavy atom. The molecule has 0 aliphatic heterocycles. The van der Waals surface area contributed by atoms with Crippen molar-refractivity contribution in [2.24, 2.45) is 5.10 Å². The second kappa shape index (κ2) is 10.8. The van der Waals surface area contributed by atoms with Crippen molar-refractivity contribution >= 4 is 39.7 Å². The van der Waals surface area contributed by atoms with Gasteiger partial charge in [-0.15, -0.1) is 0 Å². The van der Waals surface area contributed by atoms with Crippen LogP contribution in [0.1, 0.15) is 21.5 Å². The average molecular weight is 504 g/mol. The number of ether oxygens (including phenoxy) is 3. The van der Waals surface area contributed by atoms with Gasteiger partial charge in [-0.2, -0.15) is 5.10 Å². The number of halogens is 2. The molecule has 0 unspecified atom stereocenters. The van der Waals surface area contributed by atoms with Crippen molar-refractivity contribution in [3.8, 4) is 17.2 Å². The van der Waals surface area contributed by atoms with Crippen molar-refractivity contribution in [3.63, 3.8) is 0 Å². The quantitative estimate of drug-likeness (QED) is 0.327. The van der Waals surface area contributed by atoms with E-state index in [-0.39, 0.29) is 5.91 Å². The number of nitrogens with zero attached hydrogens (tertiary/aromatic N) is 1. The summed E-state index contributed by atoms with van der Waals surface area (Å²) in [7, 11) is 3.13. The van der Waals surface area contributed by atoms with E-state index in [2.05, 4.69) is 26.5 Å². The van der Waals surface area contributed by atoms with Crippen LogP contribution in [0.5, 0.6) is 17.2 Å². The van der Waals surface area contributed by atoms with Gasteiger partial charge in [0.1, 0.15) is 12.4 Å². The van der Waals surface area contributed by atoms with Gasteiger partial charge in [0.15, 0.2) is 11.5 Å². The molecule has 3 rings (SSSR count). The van der Waals surface area contributed by atoms with Crippen LogP contribution in [0.15, 0.2) is 70.2 Å². The molecule has 0 spiro atoms. The zero-order chi connectivity index (χ0) is 22.2. The lowest BCUT2D eigenvalue weighted by molar-refractivity contribution is 0.0955. The summed E-state index contributed by atoms with van der Waals surface area (Å²) < 4.78 is 17.2. The van der Waals surface area contributed by atoms with Crippen LogP contribution >= 0.6 is 27.5 Å². The van der Waals surface area contributed by atoms with Crippen LogP contribution in [0.4, 0.5) is 0 Å². The number of rotatable bonds is 8. The molecule has 0 radical (unpaired) electrons. The topological polar surface area (TPSA) is 69.2 Å². The molecule has 31 heavy (non-hydrogen) atoms. The molecule has 0 saturated heterocycles. The monoisotopic (exact) mass is 502 g/mol. The van der Waals surface area contributed by atoms with Crippen molar-refractivity contribution in [2.45, 2.75) is 6.61 Å². The fraction of sp³-hybridized carbons (Fsp3) is 0.130. The number of amides is 1. The molecule has 6 nitrogen and oxygen atoms in total. The molecule has 0 aliphatic rings. The van der Waals surface area contributed by atoms with E-state index in [1.807, 2.05) is 30.3 Å². The van der Waals surface area contributed by atoms with Gasteiger partial charge in [-0.05, 0) is 75.6 Å². The van der Waals surface area contributed by atoms with E-state index in [9.17, 15) is 4.79 Å². The SMILES string of the molecule is COc1ccc(C(=O)N/N=C\c2cc(Br)c(OCc3ccc(Cl)cc3)c(OC)c2)cc1. The van der Waals surface area contributed by atoms with Gasteiger partial charge < -0.3 is 14.2 Å². The van der Waals surface area contributed by atoms with Crippen molar-refractivity contribution in [1.82, 2.24) is 5.43 Å².